The number of benzene rings is 1. The first kappa shape index (κ1) is 17.4. The number of carbonyl (C=O) groups is 1. The highest BCUT2D eigenvalue weighted by Crippen LogP contribution is 2.13. The van der Waals surface area contributed by atoms with E-state index in [0.29, 0.717) is 17.5 Å². The van der Waals surface area contributed by atoms with Gasteiger partial charge in [0, 0.05) is 18.2 Å². The highest BCUT2D eigenvalue weighted by atomic mass is 32.2. The average molecular weight is 339 g/mol. The summed E-state index contributed by atoms with van der Waals surface area (Å²) in [7, 11) is -1.38. The number of nitrogens with zero attached hydrogens (tertiary/aromatic N) is 2. The summed E-state index contributed by atoms with van der Waals surface area (Å²) in [5.41, 5.74) is 0.693. The van der Waals surface area contributed by atoms with Crippen LogP contribution < -0.4 is 5.32 Å². The van der Waals surface area contributed by atoms with E-state index < -0.39 is 15.7 Å². The molecule has 8 heteroatoms. The molecule has 0 unspecified atom stereocenters. The monoisotopic (exact) mass is 339 g/mol. The Labute approximate surface area is 134 Å². The second-order valence-electron chi connectivity index (χ2n) is 5.76. The van der Waals surface area contributed by atoms with E-state index >= 15 is 0 Å². The van der Waals surface area contributed by atoms with Gasteiger partial charge in [0.15, 0.2) is 9.84 Å². The third-order valence-electron chi connectivity index (χ3n) is 3.63. The van der Waals surface area contributed by atoms with Crippen molar-refractivity contribution < 1.29 is 17.6 Å². The minimum atomic E-state index is -3.04. The second-order valence-corrected chi connectivity index (χ2v) is 7.99. The van der Waals surface area contributed by atoms with Crippen LogP contribution in [-0.4, -0.2) is 50.4 Å². The third-order valence-corrected chi connectivity index (χ3v) is 5.39. The molecule has 1 heterocycles. The van der Waals surface area contributed by atoms with Crippen molar-refractivity contribution in [3.8, 4) is 6.07 Å². The zero-order chi connectivity index (χ0) is 17.0. The van der Waals surface area contributed by atoms with Gasteiger partial charge in [0.1, 0.15) is 5.82 Å². The fourth-order valence-electron chi connectivity index (χ4n) is 2.54. The Morgan fingerprint density at radius 1 is 1.52 bits per heavy atom. The van der Waals surface area contributed by atoms with E-state index in [2.05, 4.69) is 5.32 Å². The van der Waals surface area contributed by atoms with Crippen molar-refractivity contribution in [1.82, 2.24) is 10.2 Å². The normalized spacial score (nSPS) is 19.5. The maximum Gasteiger partial charge on any atom is 0.234 e. The number of amides is 1. The first-order valence-corrected chi connectivity index (χ1v) is 8.98. The summed E-state index contributed by atoms with van der Waals surface area (Å²) in [6.07, 6.45) is 0.427. The second kappa shape index (κ2) is 7.06. The van der Waals surface area contributed by atoms with Crippen LogP contribution in [0.5, 0.6) is 0 Å². The number of carbonyl (C=O) groups excluding carboxylic acids is 1. The summed E-state index contributed by atoms with van der Waals surface area (Å²) >= 11 is 0. The molecule has 6 nitrogen and oxygen atoms in total. The molecule has 1 N–H and O–H groups in total. The van der Waals surface area contributed by atoms with Crippen molar-refractivity contribution in [1.29, 1.82) is 5.26 Å². The number of nitrogens with one attached hydrogen (secondary N) is 1. The number of sulfone groups is 1. The topological polar surface area (TPSA) is 90.3 Å². The Balaban J connectivity index is 1.88. The predicted octanol–water partition coefficient (Wildman–Crippen LogP) is 0.432. The molecule has 1 saturated heterocycles. The maximum atomic E-state index is 13.7. The van der Waals surface area contributed by atoms with Gasteiger partial charge in [-0.15, -0.1) is 0 Å². The lowest BCUT2D eigenvalue weighted by Crippen LogP contribution is -2.41. The summed E-state index contributed by atoms with van der Waals surface area (Å²) in [5, 5.41) is 11.5. The molecule has 1 aromatic rings. The number of likely N-dealkylation sites (N-methyl/N-ethyl adjacent to an activating group) is 1. The molecule has 23 heavy (non-hydrogen) atoms. The summed E-state index contributed by atoms with van der Waals surface area (Å²) < 4.78 is 36.4. The fourth-order valence-corrected chi connectivity index (χ4v) is 4.21. The van der Waals surface area contributed by atoms with E-state index in [1.165, 1.54) is 18.2 Å². The Morgan fingerprint density at radius 2 is 2.26 bits per heavy atom. The predicted molar refractivity (Wildman–Crippen MR) is 82.7 cm³/mol. The van der Waals surface area contributed by atoms with Crippen LogP contribution in [0.3, 0.4) is 0 Å². The molecule has 0 aromatic heterocycles. The standard InChI is InChI=1S/C15H18FN3O3S/c1-19(8-12-6-11(7-17)2-3-14(12)16)9-15(20)18-13-4-5-23(21,22)10-13/h2-3,6,13H,4-5,8-10H2,1H3,(H,18,20)/t13-/m0/s1. The van der Waals surface area contributed by atoms with Crippen molar-refractivity contribution in [2.24, 2.45) is 0 Å². The zero-order valence-electron chi connectivity index (χ0n) is 12.8. The largest absolute Gasteiger partial charge is 0.351 e. The Kier molecular flexibility index (Phi) is 5.34. The number of rotatable bonds is 5. The molecule has 1 aliphatic heterocycles. The molecule has 1 aliphatic rings. The number of halogens is 1. The number of hydrogen-bond acceptors (Lipinski definition) is 5. The lowest BCUT2D eigenvalue weighted by Gasteiger charge is -2.18. The van der Waals surface area contributed by atoms with Gasteiger partial charge in [-0.25, -0.2) is 12.8 Å². The Morgan fingerprint density at radius 3 is 2.87 bits per heavy atom. The lowest BCUT2D eigenvalue weighted by molar-refractivity contribution is -0.122. The zero-order valence-corrected chi connectivity index (χ0v) is 13.6. The molecule has 1 amide bonds. The minimum Gasteiger partial charge on any atom is -0.351 e. The van der Waals surface area contributed by atoms with Crippen LogP contribution in [-0.2, 0) is 21.2 Å². The van der Waals surface area contributed by atoms with Crippen molar-refractivity contribution in [2.45, 2.75) is 19.0 Å². The lowest BCUT2D eigenvalue weighted by atomic mass is 10.1. The molecule has 0 aliphatic carbocycles. The van der Waals surface area contributed by atoms with Gasteiger partial charge in [-0.3, -0.25) is 9.69 Å². The van der Waals surface area contributed by atoms with E-state index in [1.54, 1.807) is 11.9 Å². The van der Waals surface area contributed by atoms with E-state index in [9.17, 15) is 17.6 Å². The molecule has 0 spiro atoms. The van der Waals surface area contributed by atoms with Gasteiger partial charge < -0.3 is 5.32 Å². The van der Waals surface area contributed by atoms with Gasteiger partial charge in [-0.1, -0.05) is 0 Å². The number of nitriles is 1. The smallest absolute Gasteiger partial charge is 0.234 e. The Bertz CT molecular complexity index is 743. The van der Waals surface area contributed by atoms with E-state index in [-0.39, 0.29) is 36.5 Å². The molecule has 2 rings (SSSR count). The molecule has 0 radical (unpaired) electrons. The molecule has 0 bridgehead atoms. The molecular formula is C15H18FN3O3S. The molecule has 124 valence electrons. The molecule has 1 fully saturated rings. The van der Waals surface area contributed by atoms with Gasteiger partial charge in [0.2, 0.25) is 5.91 Å². The van der Waals surface area contributed by atoms with Gasteiger partial charge in [0.05, 0.1) is 29.7 Å². The van der Waals surface area contributed by atoms with Crippen LogP contribution in [0.2, 0.25) is 0 Å². The van der Waals surface area contributed by atoms with E-state index in [4.69, 9.17) is 5.26 Å². The van der Waals surface area contributed by atoms with Crippen molar-refractivity contribution in [3.63, 3.8) is 0 Å². The quantitative estimate of drug-likeness (QED) is 0.840. The van der Waals surface area contributed by atoms with Crippen LogP contribution in [0, 0.1) is 17.1 Å². The maximum absolute atomic E-state index is 13.7. The minimum absolute atomic E-state index is 0.0206. The fraction of sp³-hybridized carbons (Fsp3) is 0.467. The van der Waals surface area contributed by atoms with Crippen molar-refractivity contribution >= 4 is 15.7 Å². The van der Waals surface area contributed by atoms with Gasteiger partial charge in [-0.2, -0.15) is 5.26 Å². The van der Waals surface area contributed by atoms with Crippen molar-refractivity contribution in [2.75, 3.05) is 25.1 Å². The van der Waals surface area contributed by atoms with Crippen LogP contribution in [0.25, 0.3) is 0 Å². The van der Waals surface area contributed by atoms with E-state index in [0.717, 1.165) is 0 Å². The van der Waals surface area contributed by atoms with Crippen LogP contribution >= 0.6 is 0 Å². The molecule has 1 atom stereocenters. The van der Waals surface area contributed by atoms with Gasteiger partial charge >= 0.3 is 0 Å². The van der Waals surface area contributed by atoms with Crippen LogP contribution in [0.15, 0.2) is 18.2 Å². The third kappa shape index (κ3) is 5.01. The van der Waals surface area contributed by atoms with Gasteiger partial charge in [-0.05, 0) is 31.7 Å². The first-order valence-electron chi connectivity index (χ1n) is 7.16. The molecule has 0 saturated carbocycles. The van der Waals surface area contributed by atoms with Gasteiger partial charge in [0.25, 0.3) is 0 Å². The van der Waals surface area contributed by atoms with E-state index in [1.807, 2.05) is 6.07 Å². The SMILES string of the molecule is CN(CC(=O)N[C@H]1CCS(=O)(=O)C1)Cc1cc(C#N)ccc1F. The number of hydrogen-bond donors (Lipinski definition) is 1. The first-order chi connectivity index (χ1) is 10.8. The molecular weight excluding hydrogens is 321 g/mol. The summed E-state index contributed by atoms with van der Waals surface area (Å²) in [6, 6.07) is 5.67. The van der Waals surface area contributed by atoms with Crippen LogP contribution in [0.1, 0.15) is 17.5 Å². The van der Waals surface area contributed by atoms with Crippen molar-refractivity contribution in [3.05, 3.63) is 35.1 Å². The Hall–Kier alpha value is -1.98. The highest BCUT2D eigenvalue weighted by molar-refractivity contribution is 7.91. The highest BCUT2D eigenvalue weighted by Gasteiger charge is 2.29. The summed E-state index contributed by atoms with van der Waals surface area (Å²) in [5.74, 6) is -0.661. The summed E-state index contributed by atoms with van der Waals surface area (Å²) in [4.78, 5) is 13.5. The summed E-state index contributed by atoms with van der Waals surface area (Å²) in [6.45, 7) is 0.199. The molecule has 1 aromatic carbocycles. The average Bonchev–Trinajstić information content (AvgIpc) is 2.79. The van der Waals surface area contributed by atoms with Crippen LogP contribution in [0.4, 0.5) is 4.39 Å².